The van der Waals surface area contributed by atoms with Gasteiger partial charge in [0.1, 0.15) is 6.79 Å². The van der Waals surface area contributed by atoms with Crippen LogP contribution in [0.5, 0.6) is 0 Å². The predicted molar refractivity (Wildman–Crippen MR) is 120 cm³/mol. The van der Waals surface area contributed by atoms with Crippen LogP contribution in [0.2, 0.25) is 0 Å². The third kappa shape index (κ3) is 58.5. The van der Waals surface area contributed by atoms with E-state index >= 15 is 0 Å². The van der Waals surface area contributed by atoms with Crippen LogP contribution in [0.3, 0.4) is 0 Å². The first kappa shape index (κ1) is 34.6. The average Bonchev–Trinajstić information content (AvgIpc) is 2.59. The van der Waals surface area contributed by atoms with E-state index in [1.165, 1.54) is 103 Å². The lowest BCUT2D eigenvalue weighted by molar-refractivity contribution is -0.0980. The topological polar surface area (TPSA) is 121 Å². The van der Waals surface area contributed by atoms with Crippen LogP contribution >= 0.6 is 21.3 Å². The molecule has 0 heterocycles. The molecule has 0 radical (unpaired) electrons. The quantitative estimate of drug-likeness (QED) is 0.197. The molecule has 0 saturated heterocycles. The molecule has 0 saturated carbocycles. The molecule has 0 aliphatic rings. The summed E-state index contributed by atoms with van der Waals surface area (Å²) in [6.45, 7) is 5.16. The molecule has 0 spiro atoms. The molecule has 0 fully saturated rings. The van der Waals surface area contributed by atoms with E-state index in [1.54, 1.807) is 0 Å². The molecule has 0 aliphatic heterocycles. The Kier molecular flexibility index (Phi) is 39.5. The van der Waals surface area contributed by atoms with Gasteiger partial charge in [-0.25, -0.2) is 4.57 Å². The van der Waals surface area contributed by atoms with Gasteiger partial charge in [0, 0.05) is 0 Å². The summed E-state index contributed by atoms with van der Waals surface area (Å²) in [5, 5.41) is 0. The van der Waals surface area contributed by atoms with Gasteiger partial charge in [-0.05, 0) is 13.0 Å². The molecule has 0 rings (SSSR count). The van der Waals surface area contributed by atoms with Gasteiger partial charge in [-0.1, -0.05) is 103 Å². The van der Waals surface area contributed by atoms with Gasteiger partial charge in [-0.15, -0.1) is 0 Å². The Balaban J connectivity index is -0.000000284. The largest absolute Gasteiger partial charge is 0.466 e. The zero-order chi connectivity index (χ0) is 20.5. The molecular formula is C19H46NO5PS. The van der Waals surface area contributed by atoms with Crippen molar-refractivity contribution < 1.29 is 24.0 Å². The van der Waals surface area contributed by atoms with Crippen molar-refractivity contribution in [3.05, 3.63) is 0 Å². The molecule has 5 N–H and O–H groups in total. The van der Waals surface area contributed by atoms with Gasteiger partial charge in [0.15, 0.2) is 0 Å². The van der Waals surface area contributed by atoms with Crippen LogP contribution in [-0.4, -0.2) is 28.0 Å². The number of rotatable bonds is 16. The molecule has 0 aromatic rings. The van der Waals surface area contributed by atoms with Crippen LogP contribution in [0.15, 0.2) is 0 Å². The van der Waals surface area contributed by atoms with E-state index in [1.807, 2.05) is 6.79 Å². The van der Waals surface area contributed by atoms with Gasteiger partial charge in [-0.2, -0.15) is 13.5 Å². The highest BCUT2D eigenvalue weighted by Gasteiger charge is 2.00. The van der Waals surface area contributed by atoms with E-state index in [4.69, 9.17) is 29.8 Å². The monoisotopic (exact) mass is 431 g/mol. The first-order valence-corrected chi connectivity index (χ1v) is 11.8. The summed E-state index contributed by atoms with van der Waals surface area (Å²) in [5.74, 6) is 0. The number of phosphoric acid groups is 1. The number of hydrogen-bond donors (Lipinski definition) is 4. The van der Waals surface area contributed by atoms with Crippen LogP contribution in [0.25, 0.3) is 0 Å². The summed E-state index contributed by atoms with van der Waals surface area (Å²) >= 11 is 0. The maximum atomic E-state index is 8.88. The van der Waals surface area contributed by atoms with Crippen molar-refractivity contribution in [3.63, 3.8) is 0 Å². The van der Waals surface area contributed by atoms with Gasteiger partial charge < -0.3 is 25.2 Å². The number of hydrogen-bond acceptors (Lipinski definition) is 3. The highest BCUT2D eigenvalue weighted by Crippen LogP contribution is 2.25. The minimum absolute atomic E-state index is 0. The normalized spacial score (nSPS) is 10.1. The molecule has 168 valence electrons. The van der Waals surface area contributed by atoms with Crippen molar-refractivity contribution in [2.45, 2.75) is 110 Å². The Morgan fingerprint density at radius 1 is 0.630 bits per heavy atom. The Morgan fingerprint density at radius 2 is 0.815 bits per heavy atom. The summed E-state index contributed by atoms with van der Waals surface area (Å²) in [6, 6.07) is 0. The molecule has 0 amide bonds. The van der Waals surface area contributed by atoms with Gasteiger partial charge in [0.05, 0.1) is 0 Å². The third-order valence-corrected chi connectivity index (χ3v) is 4.06. The first-order chi connectivity index (χ1) is 12.4. The molecule has 0 aromatic carbocycles. The SMILES string of the molecule is C=O.CCCCCCCCCCCCCCCCCCN.O=P(O)(O)O.S. The van der Waals surface area contributed by atoms with Gasteiger partial charge in [0.25, 0.3) is 0 Å². The summed E-state index contributed by atoms with van der Waals surface area (Å²) in [4.78, 5) is 29.6. The second kappa shape index (κ2) is 30.8. The minimum atomic E-state index is -4.64. The standard InChI is InChI=1S/C18H39N.CH2O.H3O4P.H2S/c1-2-3-4-5-6-7-8-9-10-11-12-13-14-15-16-17-18-19;1-2;1-5(2,3)4;/h2-19H2,1H3;1H2;(H3,1,2,3,4);1H2. The Labute approximate surface area is 174 Å². The fourth-order valence-corrected chi connectivity index (χ4v) is 2.69. The summed E-state index contributed by atoms with van der Waals surface area (Å²) < 4.78 is 8.88. The zero-order valence-corrected chi connectivity index (χ0v) is 19.3. The lowest BCUT2D eigenvalue weighted by atomic mass is 10.0. The number of unbranched alkanes of at least 4 members (excludes halogenated alkanes) is 15. The lowest BCUT2D eigenvalue weighted by Gasteiger charge is -2.03. The average molecular weight is 432 g/mol. The number of carbonyl (C=O) groups excluding carboxylic acids is 1. The third-order valence-electron chi connectivity index (χ3n) is 4.06. The van der Waals surface area contributed by atoms with Crippen molar-refractivity contribution in [1.29, 1.82) is 0 Å². The first-order valence-electron chi connectivity index (χ1n) is 10.2. The molecule has 0 bridgehead atoms. The van der Waals surface area contributed by atoms with Crippen molar-refractivity contribution in [2.24, 2.45) is 5.73 Å². The molecule has 8 heteroatoms. The number of carbonyl (C=O) groups is 1. The van der Waals surface area contributed by atoms with Crippen molar-refractivity contribution in [3.8, 4) is 0 Å². The maximum absolute atomic E-state index is 8.88. The van der Waals surface area contributed by atoms with Crippen LogP contribution in [0, 0.1) is 0 Å². The molecule has 0 unspecified atom stereocenters. The molecule has 27 heavy (non-hydrogen) atoms. The molecule has 0 atom stereocenters. The molecule has 0 aliphatic carbocycles. The Morgan fingerprint density at radius 3 is 1.00 bits per heavy atom. The van der Waals surface area contributed by atoms with Crippen LogP contribution in [0.1, 0.15) is 110 Å². The van der Waals surface area contributed by atoms with E-state index in [0.29, 0.717) is 0 Å². The van der Waals surface area contributed by atoms with E-state index in [2.05, 4.69) is 6.92 Å². The molecule has 0 aromatic heterocycles. The van der Waals surface area contributed by atoms with Gasteiger partial charge in [0.2, 0.25) is 0 Å². The second-order valence-corrected chi connectivity index (χ2v) is 7.63. The predicted octanol–water partition coefficient (Wildman–Crippen LogP) is 5.21. The zero-order valence-electron chi connectivity index (χ0n) is 17.4. The van der Waals surface area contributed by atoms with Gasteiger partial charge >= 0.3 is 7.82 Å². The van der Waals surface area contributed by atoms with E-state index < -0.39 is 7.82 Å². The Hall–Kier alpha value is 0.0900. The molecule has 6 nitrogen and oxygen atoms in total. The number of nitrogens with two attached hydrogens (primary N) is 1. The smallest absolute Gasteiger partial charge is 0.330 e. The fourth-order valence-electron chi connectivity index (χ4n) is 2.69. The fraction of sp³-hybridized carbons (Fsp3) is 0.947. The van der Waals surface area contributed by atoms with Crippen molar-refractivity contribution in [1.82, 2.24) is 0 Å². The highest BCUT2D eigenvalue weighted by molar-refractivity contribution is 7.59. The van der Waals surface area contributed by atoms with Gasteiger partial charge in [-0.3, -0.25) is 0 Å². The Bertz CT molecular complexity index is 269. The van der Waals surface area contributed by atoms with Crippen molar-refractivity contribution >= 4 is 28.1 Å². The maximum Gasteiger partial charge on any atom is 0.466 e. The van der Waals surface area contributed by atoms with E-state index in [9.17, 15) is 0 Å². The summed E-state index contributed by atoms with van der Waals surface area (Å²) in [6.07, 6.45) is 22.9. The second-order valence-electron chi connectivity index (χ2n) is 6.61. The summed E-state index contributed by atoms with van der Waals surface area (Å²) in [7, 11) is -4.64. The van der Waals surface area contributed by atoms with Crippen LogP contribution in [-0.2, 0) is 9.36 Å². The lowest BCUT2D eigenvalue weighted by Crippen LogP contribution is -1.97. The summed E-state index contributed by atoms with van der Waals surface area (Å²) in [5.41, 5.74) is 5.48. The molecular weight excluding hydrogens is 385 g/mol. The van der Waals surface area contributed by atoms with E-state index in [0.717, 1.165) is 6.54 Å². The van der Waals surface area contributed by atoms with Crippen LogP contribution < -0.4 is 5.73 Å². The van der Waals surface area contributed by atoms with Crippen LogP contribution in [0.4, 0.5) is 0 Å². The van der Waals surface area contributed by atoms with E-state index in [-0.39, 0.29) is 13.5 Å². The van der Waals surface area contributed by atoms with Crippen molar-refractivity contribution in [2.75, 3.05) is 6.54 Å². The highest BCUT2D eigenvalue weighted by atomic mass is 32.1. The minimum Gasteiger partial charge on any atom is -0.330 e.